The monoisotopic (exact) mass is 322 g/mol. The van der Waals surface area contributed by atoms with Crippen molar-refractivity contribution < 1.29 is 4.42 Å². The van der Waals surface area contributed by atoms with Gasteiger partial charge in [0.25, 0.3) is 5.22 Å². The molecule has 0 radical (unpaired) electrons. The van der Waals surface area contributed by atoms with Gasteiger partial charge in [0, 0.05) is 11.3 Å². The molecule has 0 amide bonds. The highest BCUT2D eigenvalue weighted by Crippen LogP contribution is 2.27. The van der Waals surface area contributed by atoms with Crippen LogP contribution in [0.25, 0.3) is 22.5 Å². The summed E-state index contributed by atoms with van der Waals surface area (Å²) >= 11 is 1.54. The molecule has 6 heteroatoms. The molecule has 5 nitrogen and oxygen atoms in total. The molecule has 4 aromatic rings. The molecule has 0 fully saturated rings. The molecule has 0 bridgehead atoms. The largest absolute Gasteiger partial charge is 0.411 e. The van der Waals surface area contributed by atoms with Crippen LogP contribution < -0.4 is 0 Å². The summed E-state index contributed by atoms with van der Waals surface area (Å²) in [5.41, 5.74) is 5.24. The van der Waals surface area contributed by atoms with Crippen LogP contribution in [0.1, 0.15) is 11.1 Å². The summed E-state index contributed by atoms with van der Waals surface area (Å²) in [4.78, 5) is 7.31. The van der Waals surface area contributed by atoms with Gasteiger partial charge < -0.3 is 9.40 Å². The van der Waals surface area contributed by atoms with Gasteiger partial charge in [0.1, 0.15) is 0 Å². The van der Waals surface area contributed by atoms with Crippen molar-refractivity contribution in [3.8, 4) is 11.5 Å². The average Bonchev–Trinajstić information content (AvgIpc) is 3.22. The molecule has 23 heavy (non-hydrogen) atoms. The number of aromatic amines is 1. The van der Waals surface area contributed by atoms with Gasteiger partial charge in [-0.2, -0.15) is 0 Å². The van der Waals surface area contributed by atoms with Crippen molar-refractivity contribution in [3.63, 3.8) is 0 Å². The van der Waals surface area contributed by atoms with E-state index in [4.69, 9.17) is 4.42 Å². The van der Waals surface area contributed by atoms with E-state index in [1.54, 1.807) is 6.33 Å². The Labute approximate surface area is 137 Å². The van der Waals surface area contributed by atoms with Crippen molar-refractivity contribution in [3.05, 3.63) is 59.9 Å². The Bertz CT molecular complexity index is 943. The second-order valence-corrected chi connectivity index (χ2v) is 6.21. The number of hydrogen-bond donors (Lipinski definition) is 1. The van der Waals surface area contributed by atoms with E-state index in [1.165, 1.54) is 22.9 Å². The lowest BCUT2D eigenvalue weighted by atomic mass is 10.2. The van der Waals surface area contributed by atoms with Crippen LogP contribution in [0.5, 0.6) is 0 Å². The van der Waals surface area contributed by atoms with Crippen LogP contribution in [0.4, 0.5) is 0 Å². The van der Waals surface area contributed by atoms with E-state index in [9.17, 15) is 0 Å². The number of thioether (sulfide) groups is 1. The van der Waals surface area contributed by atoms with E-state index in [-0.39, 0.29) is 0 Å². The fourth-order valence-electron chi connectivity index (χ4n) is 2.28. The highest BCUT2D eigenvalue weighted by Gasteiger charge is 2.10. The number of aryl methyl sites for hydroxylation is 1. The van der Waals surface area contributed by atoms with Crippen LogP contribution in [-0.2, 0) is 5.75 Å². The van der Waals surface area contributed by atoms with E-state index in [1.807, 2.05) is 18.2 Å². The van der Waals surface area contributed by atoms with Crippen LogP contribution in [0.15, 0.2) is 58.4 Å². The predicted molar refractivity (Wildman–Crippen MR) is 90.1 cm³/mol. The van der Waals surface area contributed by atoms with Gasteiger partial charge in [0.2, 0.25) is 5.89 Å². The van der Waals surface area contributed by atoms with Crippen molar-refractivity contribution >= 4 is 22.8 Å². The number of hydrogen-bond acceptors (Lipinski definition) is 5. The number of benzene rings is 2. The summed E-state index contributed by atoms with van der Waals surface area (Å²) in [7, 11) is 0. The molecule has 114 valence electrons. The summed E-state index contributed by atoms with van der Waals surface area (Å²) < 4.78 is 5.74. The molecule has 0 aliphatic carbocycles. The lowest BCUT2D eigenvalue weighted by Crippen LogP contribution is -1.81. The maximum atomic E-state index is 5.74. The van der Waals surface area contributed by atoms with E-state index < -0.39 is 0 Å². The maximum absolute atomic E-state index is 5.74. The molecule has 0 saturated carbocycles. The fraction of sp³-hybridized carbons (Fsp3) is 0.118. The van der Waals surface area contributed by atoms with Crippen LogP contribution in [0, 0.1) is 6.92 Å². The molecular weight excluding hydrogens is 308 g/mol. The van der Waals surface area contributed by atoms with Crippen molar-refractivity contribution in [1.29, 1.82) is 0 Å². The molecule has 0 aliphatic rings. The van der Waals surface area contributed by atoms with Crippen molar-refractivity contribution in [2.45, 2.75) is 17.9 Å². The third-order valence-corrected chi connectivity index (χ3v) is 4.45. The van der Waals surface area contributed by atoms with Gasteiger partial charge in [-0.25, -0.2) is 4.98 Å². The van der Waals surface area contributed by atoms with Gasteiger partial charge in [-0.1, -0.05) is 41.6 Å². The lowest BCUT2D eigenvalue weighted by molar-refractivity contribution is 0.466. The van der Waals surface area contributed by atoms with E-state index >= 15 is 0 Å². The maximum Gasteiger partial charge on any atom is 0.277 e. The number of rotatable bonds is 4. The number of aromatic nitrogens is 4. The molecular formula is C17H14N4OS. The first-order valence-electron chi connectivity index (χ1n) is 7.23. The Morgan fingerprint density at radius 3 is 2.83 bits per heavy atom. The number of fused-ring (bicyclic) bond motifs is 1. The number of nitrogens with one attached hydrogen (secondary N) is 1. The third-order valence-electron chi connectivity index (χ3n) is 3.56. The molecule has 0 unspecified atom stereocenters. The van der Waals surface area contributed by atoms with Crippen LogP contribution in [0.2, 0.25) is 0 Å². The van der Waals surface area contributed by atoms with Crippen molar-refractivity contribution in [2.24, 2.45) is 0 Å². The Morgan fingerprint density at radius 2 is 1.96 bits per heavy atom. The zero-order valence-electron chi connectivity index (χ0n) is 12.5. The van der Waals surface area contributed by atoms with E-state index in [0.717, 1.165) is 22.3 Å². The highest BCUT2D eigenvalue weighted by molar-refractivity contribution is 7.98. The Kier molecular flexibility index (Phi) is 3.59. The number of H-pyrrole nitrogens is 1. The van der Waals surface area contributed by atoms with Crippen LogP contribution in [-0.4, -0.2) is 20.2 Å². The van der Waals surface area contributed by atoms with Gasteiger partial charge in [0.15, 0.2) is 0 Å². The molecule has 1 N–H and O–H groups in total. The highest BCUT2D eigenvalue weighted by atomic mass is 32.2. The molecule has 2 heterocycles. The van der Waals surface area contributed by atoms with Gasteiger partial charge >= 0.3 is 0 Å². The molecule has 0 saturated heterocycles. The zero-order chi connectivity index (χ0) is 15.6. The Morgan fingerprint density at radius 1 is 1.09 bits per heavy atom. The lowest BCUT2D eigenvalue weighted by Gasteiger charge is -1.99. The van der Waals surface area contributed by atoms with Gasteiger partial charge in [0.05, 0.1) is 17.4 Å². The minimum atomic E-state index is 0.515. The molecule has 0 aliphatic heterocycles. The van der Waals surface area contributed by atoms with Crippen molar-refractivity contribution in [2.75, 3.05) is 0 Å². The summed E-state index contributed by atoms with van der Waals surface area (Å²) in [5, 5.41) is 8.81. The van der Waals surface area contributed by atoms with Crippen molar-refractivity contribution in [1.82, 2.24) is 20.2 Å². The SMILES string of the molecule is Cc1ccc(CSc2nnc(-c3ccc4[nH]cnc4c3)o2)cc1. The Hall–Kier alpha value is -2.60. The number of imidazole rings is 1. The second kappa shape index (κ2) is 5.89. The fourth-order valence-corrected chi connectivity index (χ4v) is 3.00. The minimum absolute atomic E-state index is 0.515. The molecule has 4 rings (SSSR count). The predicted octanol–water partition coefficient (Wildman–Crippen LogP) is 4.21. The second-order valence-electron chi connectivity index (χ2n) is 5.28. The first kappa shape index (κ1) is 14.0. The minimum Gasteiger partial charge on any atom is -0.411 e. The summed E-state index contributed by atoms with van der Waals surface area (Å²) in [5.74, 6) is 1.32. The molecule has 2 aromatic heterocycles. The summed E-state index contributed by atoms with van der Waals surface area (Å²) in [6.45, 7) is 2.08. The summed E-state index contributed by atoms with van der Waals surface area (Å²) in [6, 6.07) is 14.3. The quantitative estimate of drug-likeness (QED) is 0.570. The number of nitrogens with zero attached hydrogens (tertiary/aromatic N) is 3. The van der Waals surface area contributed by atoms with Gasteiger partial charge in [-0.05, 0) is 30.7 Å². The van der Waals surface area contributed by atoms with E-state index in [2.05, 4.69) is 51.4 Å². The summed E-state index contributed by atoms with van der Waals surface area (Å²) in [6.07, 6.45) is 1.67. The smallest absolute Gasteiger partial charge is 0.277 e. The van der Waals surface area contributed by atoms with Crippen LogP contribution >= 0.6 is 11.8 Å². The Balaban J connectivity index is 1.50. The average molecular weight is 322 g/mol. The standard InChI is InChI=1S/C17H14N4OS/c1-11-2-4-12(5-3-11)9-23-17-21-20-16(22-17)13-6-7-14-15(8-13)19-10-18-14/h2-8,10H,9H2,1H3,(H,18,19). The van der Waals surface area contributed by atoms with Gasteiger partial charge in [-0.15, -0.1) is 10.2 Å². The first-order valence-corrected chi connectivity index (χ1v) is 8.22. The molecule has 0 spiro atoms. The normalized spacial score (nSPS) is 11.2. The first-order chi connectivity index (χ1) is 11.3. The van der Waals surface area contributed by atoms with E-state index in [0.29, 0.717) is 11.1 Å². The van der Waals surface area contributed by atoms with Crippen LogP contribution in [0.3, 0.4) is 0 Å². The zero-order valence-corrected chi connectivity index (χ0v) is 13.3. The molecule has 2 aromatic carbocycles. The van der Waals surface area contributed by atoms with Gasteiger partial charge in [-0.3, -0.25) is 0 Å². The topological polar surface area (TPSA) is 67.6 Å². The third kappa shape index (κ3) is 2.98. The molecule has 0 atom stereocenters.